The molecule has 0 saturated heterocycles. The maximum Gasteiger partial charge on any atom is 0.274 e. The topological polar surface area (TPSA) is 114 Å². The molecule has 1 amide bonds. The molecule has 0 fully saturated rings. The zero-order chi connectivity index (χ0) is 24.1. The summed E-state index contributed by atoms with van der Waals surface area (Å²) in [5.74, 6) is -0.548. The van der Waals surface area contributed by atoms with Crippen LogP contribution < -0.4 is 10.1 Å². The molecule has 4 rings (SSSR count). The zero-order valence-corrected chi connectivity index (χ0v) is 18.3. The number of nitro benzene ring substituents is 1. The van der Waals surface area contributed by atoms with Crippen LogP contribution in [0.15, 0.2) is 83.9 Å². The van der Waals surface area contributed by atoms with E-state index in [0.717, 1.165) is 16.8 Å². The Balaban J connectivity index is 1.59. The van der Waals surface area contributed by atoms with Crippen LogP contribution in [0.2, 0.25) is 0 Å². The van der Waals surface area contributed by atoms with Crippen molar-refractivity contribution in [1.82, 2.24) is 0 Å². The molecule has 8 nitrogen and oxygen atoms in total. The van der Waals surface area contributed by atoms with Gasteiger partial charge in [-0.3, -0.25) is 19.9 Å². The van der Waals surface area contributed by atoms with Crippen molar-refractivity contribution in [3.8, 4) is 11.5 Å². The number of phenolic OH excluding ortho intramolecular Hbond substituents is 1. The van der Waals surface area contributed by atoms with Gasteiger partial charge in [0.05, 0.1) is 23.3 Å². The van der Waals surface area contributed by atoms with E-state index in [1.807, 2.05) is 42.5 Å². The normalized spacial score (nSPS) is 11.0. The lowest BCUT2D eigenvalue weighted by molar-refractivity contribution is -0.385. The fourth-order valence-corrected chi connectivity index (χ4v) is 3.48. The standard InChI is InChI=1S/C26H21N3O5/c1-2-34-24-15-21(29(32)33)14-19(25(24)30)16-27-20-10-5-9-18(13-20)26(31)28-23-12-6-8-17-7-3-4-11-22(17)23/h3-16,30H,2H2,1H3,(H,28,31). The molecule has 4 aromatic rings. The van der Waals surface area contributed by atoms with Crippen LogP contribution in [0, 0.1) is 10.1 Å². The molecule has 0 atom stereocenters. The summed E-state index contributed by atoms with van der Waals surface area (Å²) in [7, 11) is 0. The molecule has 0 heterocycles. The van der Waals surface area contributed by atoms with E-state index in [2.05, 4.69) is 10.3 Å². The highest BCUT2D eigenvalue weighted by Crippen LogP contribution is 2.34. The first-order chi connectivity index (χ1) is 16.5. The number of carbonyl (C=O) groups is 1. The summed E-state index contributed by atoms with van der Waals surface area (Å²) >= 11 is 0. The van der Waals surface area contributed by atoms with Gasteiger partial charge in [0.2, 0.25) is 0 Å². The van der Waals surface area contributed by atoms with Crippen molar-refractivity contribution in [2.24, 2.45) is 4.99 Å². The molecule has 0 unspecified atom stereocenters. The summed E-state index contributed by atoms with van der Waals surface area (Å²) in [6, 6.07) is 22.4. The Morgan fingerprint density at radius 2 is 1.85 bits per heavy atom. The zero-order valence-electron chi connectivity index (χ0n) is 18.3. The van der Waals surface area contributed by atoms with Crippen LogP contribution in [0.25, 0.3) is 10.8 Å². The molecule has 8 heteroatoms. The Bertz CT molecular complexity index is 1410. The van der Waals surface area contributed by atoms with Crippen LogP contribution in [-0.2, 0) is 0 Å². The minimum Gasteiger partial charge on any atom is -0.504 e. The first kappa shape index (κ1) is 22.5. The van der Waals surface area contributed by atoms with Crippen LogP contribution in [0.3, 0.4) is 0 Å². The van der Waals surface area contributed by atoms with E-state index in [-0.39, 0.29) is 35.3 Å². The molecule has 2 N–H and O–H groups in total. The number of benzene rings is 4. The summed E-state index contributed by atoms with van der Waals surface area (Å²) in [6.07, 6.45) is 1.30. The van der Waals surface area contributed by atoms with E-state index in [1.54, 1.807) is 31.2 Å². The SMILES string of the molecule is CCOc1cc([N+](=O)[O-])cc(C=Nc2cccc(C(=O)Nc3cccc4ccccc34)c2)c1O. The number of rotatable bonds is 7. The highest BCUT2D eigenvalue weighted by Gasteiger charge is 2.16. The first-order valence-corrected chi connectivity index (χ1v) is 10.5. The molecular formula is C26H21N3O5. The number of hydrogen-bond donors (Lipinski definition) is 2. The fraction of sp³-hybridized carbons (Fsp3) is 0.0769. The minimum absolute atomic E-state index is 0.00126. The van der Waals surface area contributed by atoms with Crippen molar-refractivity contribution in [3.05, 3.63) is 100 Å². The predicted octanol–water partition coefficient (Wildman–Crippen LogP) is 5.86. The highest BCUT2D eigenvalue weighted by molar-refractivity contribution is 6.09. The van der Waals surface area contributed by atoms with Gasteiger partial charge >= 0.3 is 0 Å². The number of aromatic hydroxyl groups is 1. The Morgan fingerprint density at radius 1 is 1.09 bits per heavy atom. The van der Waals surface area contributed by atoms with Gasteiger partial charge in [-0.2, -0.15) is 0 Å². The second-order valence-corrected chi connectivity index (χ2v) is 7.36. The predicted molar refractivity (Wildman–Crippen MR) is 132 cm³/mol. The summed E-state index contributed by atoms with van der Waals surface area (Å²) in [5.41, 5.74) is 1.42. The van der Waals surface area contributed by atoms with Gasteiger partial charge in [0.15, 0.2) is 11.5 Å². The van der Waals surface area contributed by atoms with Crippen molar-refractivity contribution in [1.29, 1.82) is 0 Å². The van der Waals surface area contributed by atoms with E-state index >= 15 is 0 Å². The maximum atomic E-state index is 12.9. The van der Waals surface area contributed by atoms with Gasteiger partial charge in [-0.25, -0.2) is 0 Å². The lowest BCUT2D eigenvalue weighted by Crippen LogP contribution is -2.11. The first-order valence-electron chi connectivity index (χ1n) is 10.5. The number of ether oxygens (including phenoxy) is 1. The van der Waals surface area contributed by atoms with Crippen molar-refractivity contribution < 1.29 is 19.6 Å². The molecule has 0 aliphatic carbocycles. The van der Waals surface area contributed by atoms with E-state index in [9.17, 15) is 20.0 Å². The van der Waals surface area contributed by atoms with Gasteiger partial charge in [0.25, 0.3) is 11.6 Å². The molecule has 0 saturated carbocycles. The van der Waals surface area contributed by atoms with Gasteiger partial charge < -0.3 is 15.2 Å². The third kappa shape index (κ3) is 4.86. The molecule has 4 aromatic carbocycles. The number of hydrogen-bond acceptors (Lipinski definition) is 6. The number of fused-ring (bicyclic) bond motifs is 1. The Kier molecular flexibility index (Phi) is 6.49. The smallest absolute Gasteiger partial charge is 0.274 e. The van der Waals surface area contributed by atoms with E-state index < -0.39 is 4.92 Å². The molecule has 0 aliphatic heterocycles. The van der Waals surface area contributed by atoms with E-state index in [4.69, 9.17) is 4.74 Å². The quantitative estimate of drug-likeness (QED) is 0.206. The lowest BCUT2D eigenvalue weighted by Gasteiger charge is -2.09. The molecule has 34 heavy (non-hydrogen) atoms. The van der Waals surface area contributed by atoms with E-state index in [0.29, 0.717) is 16.9 Å². The van der Waals surface area contributed by atoms with Crippen LogP contribution >= 0.6 is 0 Å². The van der Waals surface area contributed by atoms with Crippen LogP contribution in [0.4, 0.5) is 17.1 Å². The number of aliphatic imine (C=N–C) groups is 1. The Hall–Kier alpha value is -4.72. The summed E-state index contributed by atoms with van der Waals surface area (Å²) in [5, 5.41) is 26.5. The van der Waals surface area contributed by atoms with Crippen molar-refractivity contribution in [3.63, 3.8) is 0 Å². The number of phenols is 1. The van der Waals surface area contributed by atoms with Gasteiger partial charge in [0.1, 0.15) is 0 Å². The highest BCUT2D eigenvalue weighted by atomic mass is 16.6. The number of amides is 1. The molecule has 0 bridgehead atoms. The van der Waals surface area contributed by atoms with Crippen LogP contribution in [0.5, 0.6) is 11.5 Å². The van der Waals surface area contributed by atoms with Crippen molar-refractivity contribution in [2.75, 3.05) is 11.9 Å². The maximum absolute atomic E-state index is 12.9. The third-order valence-corrected chi connectivity index (χ3v) is 5.10. The molecule has 0 aliphatic rings. The van der Waals surface area contributed by atoms with Gasteiger partial charge in [0, 0.05) is 34.5 Å². The molecule has 0 radical (unpaired) electrons. The lowest BCUT2D eigenvalue weighted by atomic mass is 10.1. The largest absolute Gasteiger partial charge is 0.504 e. The Labute approximate surface area is 195 Å². The second kappa shape index (κ2) is 9.83. The number of non-ortho nitro benzene ring substituents is 1. The average molecular weight is 455 g/mol. The third-order valence-electron chi connectivity index (χ3n) is 5.10. The van der Waals surface area contributed by atoms with Gasteiger partial charge in [-0.05, 0) is 36.6 Å². The van der Waals surface area contributed by atoms with E-state index in [1.165, 1.54) is 12.3 Å². The summed E-state index contributed by atoms with van der Waals surface area (Å²) in [6.45, 7) is 1.94. The van der Waals surface area contributed by atoms with Gasteiger partial charge in [-0.15, -0.1) is 0 Å². The minimum atomic E-state index is -0.572. The molecule has 0 aromatic heterocycles. The number of nitrogens with one attached hydrogen (secondary N) is 1. The van der Waals surface area contributed by atoms with Gasteiger partial charge in [-0.1, -0.05) is 42.5 Å². The number of anilines is 1. The van der Waals surface area contributed by atoms with Crippen molar-refractivity contribution >= 4 is 40.0 Å². The monoisotopic (exact) mass is 455 g/mol. The fourth-order valence-electron chi connectivity index (χ4n) is 3.48. The summed E-state index contributed by atoms with van der Waals surface area (Å²) < 4.78 is 5.29. The van der Waals surface area contributed by atoms with Crippen molar-refractivity contribution in [2.45, 2.75) is 6.92 Å². The second-order valence-electron chi connectivity index (χ2n) is 7.36. The number of carbonyl (C=O) groups excluding carboxylic acids is 1. The molecular weight excluding hydrogens is 434 g/mol. The Morgan fingerprint density at radius 3 is 2.65 bits per heavy atom. The molecule has 170 valence electrons. The van der Waals surface area contributed by atoms with Crippen LogP contribution in [-0.4, -0.2) is 28.8 Å². The van der Waals surface area contributed by atoms with Crippen LogP contribution in [0.1, 0.15) is 22.8 Å². The number of nitrogens with zero attached hydrogens (tertiary/aromatic N) is 2. The molecule has 0 spiro atoms. The average Bonchev–Trinajstić information content (AvgIpc) is 2.85. The number of nitro groups is 1. The summed E-state index contributed by atoms with van der Waals surface area (Å²) in [4.78, 5) is 27.8.